The van der Waals surface area contributed by atoms with E-state index in [2.05, 4.69) is 0 Å². The summed E-state index contributed by atoms with van der Waals surface area (Å²) in [6.45, 7) is 4.60. The number of benzene rings is 1. The minimum atomic E-state index is 0.656. The summed E-state index contributed by atoms with van der Waals surface area (Å²) >= 11 is 5.88. The summed E-state index contributed by atoms with van der Waals surface area (Å²) in [5.41, 5.74) is 1.15. The highest BCUT2D eigenvalue weighted by Crippen LogP contribution is 2.24. The summed E-state index contributed by atoms with van der Waals surface area (Å²) in [7, 11) is 0. The van der Waals surface area contributed by atoms with Crippen molar-refractivity contribution >= 4 is 11.6 Å². The zero-order chi connectivity index (χ0) is 8.27. The van der Waals surface area contributed by atoms with Crippen LogP contribution in [0.4, 0.5) is 0 Å². The first kappa shape index (κ1) is 8.41. The number of halogens is 1. The van der Waals surface area contributed by atoms with Gasteiger partial charge in [-0.2, -0.15) is 0 Å². The van der Waals surface area contributed by atoms with Crippen LogP contribution in [-0.2, 0) is 0 Å². The van der Waals surface area contributed by atoms with Gasteiger partial charge in [-0.05, 0) is 31.5 Å². The normalized spacial score (nSPS) is 9.73. The molecule has 0 spiro atoms. The van der Waals surface area contributed by atoms with Crippen molar-refractivity contribution in [2.75, 3.05) is 6.61 Å². The van der Waals surface area contributed by atoms with Gasteiger partial charge in [0.15, 0.2) is 0 Å². The standard InChI is InChI=1S/C9H11ClO/c1-3-11-9-5-4-7(2)6-8(9)10/h4-6H,3H2,1-2H3. The van der Waals surface area contributed by atoms with Crippen LogP contribution in [0.2, 0.25) is 5.02 Å². The summed E-state index contributed by atoms with van der Waals surface area (Å²) in [5, 5.41) is 0.687. The molecule has 11 heavy (non-hydrogen) atoms. The van der Waals surface area contributed by atoms with Crippen molar-refractivity contribution in [1.29, 1.82) is 0 Å². The fourth-order valence-electron chi connectivity index (χ4n) is 0.878. The molecule has 1 aromatic rings. The monoisotopic (exact) mass is 170 g/mol. The Bertz CT molecular complexity index is 245. The lowest BCUT2D eigenvalue weighted by Crippen LogP contribution is -1.91. The fourth-order valence-corrected chi connectivity index (χ4v) is 1.17. The minimum absolute atomic E-state index is 0.656. The third kappa shape index (κ3) is 2.12. The zero-order valence-electron chi connectivity index (χ0n) is 6.73. The maximum absolute atomic E-state index is 5.88. The van der Waals surface area contributed by atoms with Gasteiger partial charge in [-0.25, -0.2) is 0 Å². The summed E-state index contributed by atoms with van der Waals surface area (Å²) in [4.78, 5) is 0. The van der Waals surface area contributed by atoms with E-state index in [-0.39, 0.29) is 0 Å². The third-order valence-corrected chi connectivity index (χ3v) is 1.68. The van der Waals surface area contributed by atoms with Crippen LogP contribution < -0.4 is 4.74 Å². The molecule has 0 unspecified atom stereocenters. The maximum atomic E-state index is 5.88. The topological polar surface area (TPSA) is 9.23 Å². The second-order valence-electron chi connectivity index (χ2n) is 2.37. The van der Waals surface area contributed by atoms with E-state index in [4.69, 9.17) is 16.3 Å². The van der Waals surface area contributed by atoms with E-state index in [1.807, 2.05) is 32.0 Å². The predicted molar refractivity (Wildman–Crippen MR) is 47.4 cm³/mol. The van der Waals surface area contributed by atoms with Gasteiger partial charge in [-0.15, -0.1) is 0 Å². The Balaban J connectivity index is 2.90. The molecule has 0 saturated carbocycles. The average Bonchev–Trinajstić information content (AvgIpc) is 1.95. The van der Waals surface area contributed by atoms with E-state index in [0.29, 0.717) is 11.6 Å². The molecule has 0 saturated heterocycles. The number of hydrogen-bond acceptors (Lipinski definition) is 1. The number of hydrogen-bond donors (Lipinski definition) is 0. The zero-order valence-corrected chi connectivity index (χ0v) is 7.48. The molecule has 0 atom stereocenters. The van der Waals surface area contributed by atoms with E-state index >= 15 is 0 Å². The quantitative estimate of drug-likeness (QED) is 0.663. The molecule has 2 heteroatoms. The van der Waals surface area contributed by atoms with Crippen molar-refractivity contribution in [3.05, 3.63) is 28.8 Å². The van der Waals surface area contributed by atoms with E-state index in [1.54, 1.807) is 0 Å². The van der Waals surface area contributed by atoms with Gasteiger partial charge in [0.2, 0.25) is 0 Å². The van der Waals surface area contributed by atoms with Gasteiger partial charge in [0.25, 0.3) is 0 Å². The van der Waals surface area contributed by atoms with Crippen LogP contribution in [-0.4, -0.2) is 6.61 Å². The van der Waals surface area contributed by atoms with E-state index in [0.717, 1.165) is 11.3 Å². The van der Waals surface area contributed by atoms with Gasteiger partial charge in [0, 0.05) is 0 Å². The van der Waals surface area contributed by atoms with Crippen molar-refractivity contribution in [2.45, 2.75) is 13.8 Å². The third-order valence-electron chi connectivity index (χ3n) is 1.39. The van der Waals surface area contributed by atoms with Gasteiger partial charge in [0.1, 0.15) is 5.75 Å². The summed E-state index contributed by atoms with van der Waals surface area (Å²) in [5.74, 6) is 0.764. The second-order valence-corrected chi connectivity index (χ2v) is 2.77. The lowest BCUT2D eigenvalue weighted by atomic mass is 10.2. The SMILES string of the molecule is CCOc1ccc(C)cc1Cl. The Morgan fingerprint density at radius 3 is 2.73 bits per heavy atom. The number of rotatable bonds is 2. The van der Waals surface area contributed by atoms with Gasteiger partial charge in [-0.3, -0.25) is 0 Å². The van der Waals surface area contributed by atoms with Crippen LogP contribution in [0.5, 0.6) is 5.75 Å². The van der Waals surface area contributed by atoms with Crippen LogP contribution in [0.25, 0.3) is 0 Å². The molecule has 0 aliphatic heterocycles. The highest BCUT2D eigenvalue weighted by molar-refractivity contribution is 6.32. The Labute approximate surface area is 71.9 Å². The Morgan fingerprint density at radius 2 is 2.18 bits per heavy atom. The molecule has 0 aliphatic carbocycles. The molecule has 60 valence electrons. The first-order chi connectivity index (χ1) is 5.24. The number of aryl methyl sites for hydroxylation is 1. The molecular weight excluding hydrogens is 160 g/mol. The fraction of sp³-hybridized carbons (Fsp3) is 0.333. The molecule has 0 N–H and O–H groups in total. The van der Waals surface area contributed by atoms with Gasteiger partial charge >= 0.3 is 0 Å². The van der Waals surface area contributed by atoms with Crippen molar-refractivity contribution in [3.63, 3.8) is 0 Å². The molecule has 0 aromatic heterocycles. The smallest absolute Gasteiger partial charge is 0.137 e. The highest BCUT2D eigenvalue weighted by Gasteiger charge is 1.98. The summed E-state index contributed by atoms with van der Waals surface area (Å²) < 4.78 is 5.26. The largest absolute Gasteiger partial charge is 0.492 e. The molecule has 0 fully saturated rings. The minimum Gasteiger partial charge on any atom is -0.492 e. The summed E-state index contributed by atoms with van der Waals surface area (Å²) in [6.07, 6.45) is 0. The first-order valence-electron chi connectivity index (χ1n) is 3.63. The lowest BCUT2D eigenvalue weighted by Gasteiger charge is -2.04. The molecule has 1 aromatic carbocycles. The summed E-state index contributed by atoms with van der Waals surface area (Å²) in [6, 6.07) is 5.77. The first-order valence-corrected chi connectivity index (χ1v) is 4.00. The molecule has 0 radical (unpaired) electrons. The average molecular weight is 171 g/mol. The van der Waals surface area contributed by atoms with Crippen molar-refractivity contribution in [1.82, 2.24) is 0 Å². The van der Waals surface area contributed by atoms with Gasteiger partial charge < -0.3 is 4.74 Å². The molecule has 1 nitrogen and oxygen atoms in total. The Hall–Kier alpha value is -0.690. The maximum Gasteiger partial charge on any atom is 0.137 e. The molecule has 0 bridgehead atoms. The van der Waals surface area contributed by atoms with Crippen LogP contribution in [0.15, 0.2) is 18.2 Å². The van der Waals surface area contributed by atoms with Crippen molar-refractivity contribution < 1.29 is 4.74 Å². The molecular formula is C9H11ClO. The van der Waals surface area contributed by atoms with E-state index in [1.165, 1.54) is 0 Å². The van der Waals surface area contributed by atoms with E-state index < -0.39 is 0 Å². The van der Waals surface area contributed by atoms with Crippen LogP contribution >= 0.6 is 11.6 Å². The van der Waals surface area contributed by atoms with Crippen LogP contribution in [0, 0.1) is 6.92 Å². The molecule has 0 heterocycles. The molecule has 1 rings (SSSR count). The Morgan fingerprint density at radius 1 is 1.45 bits per heavy atom. The van der Waals surface area contributed by atoms with Crippen LogP contribution in [0.1, 0.15) is 12.5 Å². The lowest BCUT2D eigenvalue weighted by molar-refractivity contribution is 0.340. The molecule has 0 aliphatic rings. The van der Waals surface area contributed by atoms with Crippen molar-refractivity contribution in [3.8, 4) is 5.75 Å². The predicted octanol–water partition coefficient (Wildman–Crippen LogP) is 3.05. The second kappa shape index (κ2) is 3.63. The molecule has 0 amide bonds. The number of ether oxygens (including phenoxy) is 1. The van der Waals surface area contributed by atoms with Crippen LogP contribution in [0.3, 0.4) is 0 Å². The Kier molecular flexibility index (Phi) is 2.77. The van der Waals surface area contributed by atoms with Gasteiger partial charge in [0.05, 0.1) is 11.6 Å². The highest BCUT2D eigenvalue weighted by atomic mass is 35.5. The van der Waals surface area contributed by atoms with E-state index in [9.17, 15) is 0 Å². The van der Waals surface area contributed by atoms with Crippen molar-refractivity contribution in [2.24, 2.45) is 0 Å². The van der Waals surface area contributed by atoms with Gasteiger partial charge in [-0.1, -0.05) is 17.7 Å².